The maximum Gasteiger partial charge on any atom is 0.189 e. The van der Waals surface area contributed by atoms with E-state index in [4.69, 9.17) is 9.47 Å². The van der Waals surface area contributed by atoms with Gasteiger partial charge in [-0.05, 0) is 36.3 Å². The first kappa shape index (κ1) is 18.5. The van der Waals surface area contributed by atoms with E-state index in [0.29, 0.717) is 23.7 Å². The molecule has 0 N–H and O–H groups in total. The Kier molecular flexibility index (Phi) is 6.05. The molecule has 0 aliphatic carbocycles. The molecule has 1 aromatic heterocycles. The molecule has 3 aromatic rings. The Hall–Kier alpha value is -3.34. The van der Waals surface area contributed by atoms with E-state index >= 15 is 0 Å². The monoisotopic (exact) mass is 362 g/mol. The maximum absolute atomic E-state index is 12.2. The Balaban J connectivity index is 1.68. The molecule has 0 bridgehead atoms. The predicted octanol–water partition coefficient (Wildman–Crippen LogP) is 4.39. The molecular formula is C22H22N2O3. The van der Waals surface area contributed by atoms with Gasteiger partial charge in [0.2, 0.25) is 0 Å². The second-order valence-corrected chi connectivity index (χ2v) is 5.97. The van der Waals surface area contributed by atoms with Crippen molar-refractivity contribution < 1.29 is 14.3 Å². The highest BCUT2D eigenvalue weighted by Gasteiger charge is 2.07. The number of aromatic nitrogens is 2. The van der Waals surface area contributed by atoms with Gasteiger partial charge in [-0.3, -0.25) is 9.48 Å². The summed E-state index contributed by atoms with van der Waals surface area (Å²) in [5.41, 5.74) is 2.51. The summed E-state index contributed by atoms with van der Waals surface area (Å²) >= 11 is 0. The van der Waals surface area contributed by atoms with Gasteiger partial charge in [0, 0.05) is 12.7 Å². The predicted molar refractivity (Wildman–Crippen MR) is 105 cm³/mol. The zero-order valence-electron chi connectivity index (χ0n) is 15.5. The zero-order valence-corrected chi connectivity index (χ0v) is 15.5. The summed E-state index contributed by atoms with van der Waals surface area (Å²) in [5.74, 6) is 1.20. The second-order valence-electron chi connectivity index (χ2n) is 5.97. The molecule has 5 nitrogen and oxygen atoms in total. The van der Waals surface area contributed by atoms with Gasteiger partial charge in [-0.1, -0.05) is 42.5 Å². The fraction of sp³-hybridized carbons (Fsp3) is 0.182. The van der Waals surface area contributed by atoms with Gasteiger partial charge in [-0.2, -0.15) is 5.10 Å². The number of aryl methyl sites for hydroxylation is 1. The van der Waals surface area contributed by atoms with Crippen LogP contribution < -0.4 is 9.47 Å². The number of hydrogen-bond acceptors (Lipinski definition) is 4. The van der Waals surface area contributed by atoms with Gasteiger partial charge in [0.05, 0.1) is 18.9 Å². The van der Waals surface area contributed by atoms with Crippen molar-refractivity contribution in [1.82, 2.24) is 9.78 Å². The van der Waals surface area contributed by atoms with E-state index in [1.165, 1.54) is 6.08 Å². The van der Waals surface area contributed by atoms with Crippen LogP contribution in [0, 0.1) is 0 Å². The van der Waals surface area contributed by atoms with Crippen molar-refractivity contribution >= 4 is 11.9 Å². The first-order valence-electron chi connectivity index (χ1n) is 8.79. The minimum absolute atomic E-state index is 0.0851. The first-order valence-corrected chi connectivity index (χ1v) is 8.79. The third-order valence-electron chi connectivity index (χ3n) is 4.09. The Morgan fingerprint density at radius 1 is 1.15 bits per heavy atom. The number of benzene rings is 2. The van der Waals surface area contributed by atoms with Crippen molar-refractivity contribution in [2.24, 2.45) is 0 Å². The Labute approximate surface area is 158 Å². The fourth-order valence-electron chi connectivity index (χ4n) is 2.57. The van der Waals surface area contributed by atoms with Crippen molar-refractivity contribution in [3.63, 3.8) is 0 Å². The highest BCUT2D eigenvalue weighted by Crippen LogP contribution is 2.29. The lowest BCUT2D eigenvalue weighted by atomic mass is 10.1. The summed E-state index contributed by atoms with van der Waals surface area (Å²) < 4.78 is 13.0. The Bertz CT molecular complexity index is 930. The molecule has 27 heavy (non-hydrogen) atoms. The molecular weight excluding hydrogens is 340 g/mol. The average Bonchev–Trinajstić information content (AvgIpc) is 3.21. The van der Waals surface area contributed by atoms with Crippen molar-refractivity contribution in [2.75, 3.05) is 7.11 Å². The Morgan fingerprint density at radius 3 is 2.67 bits per heavy atom. The van der Waals surface area contributed by atoms with Gasteiger partial charge in [-0.25, -0.2) is 0 Å². The summed E-state index contributed by atoms with van der Waals surface area (Å²) in [6, 6.07) is 15.5. The third kappa shape index (κ3) is 4.85. The van der Waals surface area contributed by atoms with Gasteiger partial charge in [0.1, 0.15) is 6.61 Å². The molecule has 0 aliphatic heterocycles. The zero-order chi connectivity index (χ0) is 19.1. The van der Waals surface area contributed by atoms with Crippen LogP contribution in [-0.4, -0.2) is 22.7 Å². The van der Waals surface area contributed by atoms with E-state index < -0.39 is 0 Å². The minimum atomic E-state index is -0.0851. The van der Waals surface area contributed by atoms with Gasteiger partial charge in [0.25, 0.3) is 0 Å². The number of carbonyl (C=O) groups is 1. The van der Waals surface area contributed by atoms with Crippen LogP contribution in [0.4, 0.5) is 0 Å². The molecule has 0 radical (unpaired) electrons. The summed E-state index contributed by atoms with van der Waals surface area (Å²) in [6.07, 6.45) is 6.62. The van der Waals surface area contributed by atoms with E-state index in [1.807, 2.05) is 55.5 Å². The third-order valence-corrected chi connectivity index (χ3v) is 4.09. The lowest BCUT2D eigenvalue weighted by Gasteiger charge is -2.11. The maximum atomic E-state index is 12.2. The molecule has 0 saturated carbocycles. The van der Waals surface area contributed by atoms with Crippen LogP contribution in [0.1, 0.15) is 28.4 Å². The van der Waals surface area contributed by atoms with Gasteiger partial charge < -0.3 is 9.47 Å². The molecule has 3 rings (SSSR count). The summed E-state index contributed by atoms with van der Waals surface area (Å²) in [6.45, 7) is 3.18. The molecule has 0 saturated heterocycles. The second kappa shape index (κ2) is 8.85. The smallest absolute Gasteiger partial charge is 0.189 e. The van der Waals surface area contributed by atoms with Crippen LogP contribution >= 0.6 is 0 Å². The van der Waals surface area contributed by atoms with Crippen molar-refractivity contribution in [3.8, 4) is 11.5 Å². The first-order chi connectivity index (χ1) is 13.2. The summed E-state index contributed by atoms with van der Waals surface area (Å²) in [7, 11) is 1.60. The van der Waals surface area contributed by atoms with Crippen LogP contribution in [0.3, 0.4) is 0 Å². The minimum Gasteiger partial charge on any atom is -0.493 e. The van der Waals surface area contributed by atoms with Gasteiger partial charge in [-0.15, -0.1) is 0 Å². The average molecular weight is 362 g/mol. The molecule has 2 aromatic carbocycles. The number of ketones is 1. The van der Waals surface area contributed by atoms with Crippen LogP contribution in [0.2, 0.25) is 0 Å². The number of hydrogen-bond donors (Lipinski definition) is 0. The number of rotatable bonds is 8. The summed E-state index contributed by atoms with van der Waals surface area (Å²) in [4.78, 5) is 12.2. The van der Waals surface area contributed by atoms with Gasteiger partial charge in [0.15, 0.2) is 17.3 Å². The number of carbonyl (C=O) groups excluding carboxylic acids is 1. The van der Waals surface area contributed by atoms with E-state index in [9.17, 15) is 4.79 Å². The van der Waals surface area contributed by atoms with E-state index in [-0.39, 0.29) is 5.78 Å². The lowest BCUT2D eigenvalue weighted by molar-refractivity contribution is 0.104. The lowest BCUT2D eigenvalue weighted by Crippen LogP contribution is -1.98. The van der Waals surface area contributed by atoms with Crippen molar-refractivity contribution in [2.45, 2.75) is 20.1 Å². The molecule has 0 atom stereocenters. The highest BCUT2D eigenvalue weighted by atomic mass is 16.5. The normalized spacial score (nSPS) is 10.9. The molecule has 1 heterocycles. The quantitative estimate of drug-likeness (QED) is 0.441. The van der Waals surface area contributed by atoms with Crippen molar-refractivity contribution in [3.05, 3.63) is 83.7 Å². The van der Waals surface area contributed by atoms with E-state index in [1.54, 1.807) is 30.3 Å². The van der Waals surface area contributed by atoms with Gasteiger partial charge >= 0.3 is 0 Å². The van der Waals surface area contributed by atoms with Crippen LogP contribution in [0.5, 0.6) is 11.5 Å². The number of allylic oxidation sites excluding steroid dienone is 1. The van der Waals surface area contributed by atoms with Crippen LogP contribution in [-0.2, 0) is 13.2 Å². The number of methoxy groups -OCH3 is 1. The van der Waals surface area contributed by atoms with E-state index in [0.717, 1.165) is 17.7 Å². The summed E-state index contributed by atoms with van der Waals surface area (Å²) in [5, 5.41) is 4.12. The highest BCUT2D eigenvalue weighted by molar-refractivity contribution is 6.06. The molecule has 5 heteroatoms. The molecule has 0 amide bonds. The SMILES string of the molecule is CCn1cc(C(=O)/C=C/c2ccc(OCc3ccccc3)c(OC)c2)cn1. The van der Waals surface area contributed by atoms with Crippen molar-refractivity contribution in [1.29, 1.82) is 0 Å². The largest absolute Gasteiger partial charge is 0.493 e. The molecule has 0 spiro atoms. The number of ether oxygens (including phenoxy) is 2. The standard InChI is InChI=1S/C22H22N2O3/c1-3-24-15-19(14-23-24)20(25)11-9-17-10-12-21(22(13-17)26-2)27-16-18-7-5-4-6-8-18/h4-15H,3,16H2,1-2H3/b11-9+. The molecule has 0 fully saturated rings. The molecule has 0 unspecified atom stereocenters. The van der Waals surface area contributed by atoms with E-state index in [2.05, 4.69) is 5.10 Å². The van der Waals surface area contributed by atoms with Crippen LogP contribution in [0.25, 0.3) is 6.08 Å². The fourth-order valence-corrected chi connectivity index (χ4v) is 2.57. The van der Waals surface area contributed by atoms with Crippen LogP contribution in [0.15, 0.2) is 67.0 Å². The Morgan fingerprint density at radius 2 is 1.96 bits per heavy atom. The molecule has 138 valence electrons. The number of nitrogens with zero attached hydrogens (tertiary/aromatic N) is 2. The molecule has 0 aliphatic rings. The topological polar surface area (TPSA) is 53.4 Å².